The molecule has 0 aliphatic carbocycles. The van der Waals surface area contributed by atoms with Gasteiger partial charge in [0.15, 0.2) is 0 Å². The van der Waals surface area contributed by atoms with Crippen LogP contribution in [0.15, 0.2) is 59.9 Å². The van der Waals surface area contributed by atoms with Gasteiger partial charge in [0.25, 0.3) is 11.8 Å². The molecule has 0 saturated heterocycles. The highest BCUT2D eigenvalue weighted by atomic mass is 16.2. The Hall–Kier alpha value is -3.28. The highest BCUT2D eigenvalue weighted by molar-refractivity contribution is 6.29. The van der Waals surface area contributed by atoms with E-state index in [1.54, 1.807) is 50.8 Å². The van der Waals surface area contributed by atoms with E-state index < -0.39 is 0 Å². The average molecular weight is 318 g/mol. The highest BCUT2D eigenvalue weighted by Gasteiger charge is 2.47. The van der Waals surface area contributed by atoms with Crippen molar-refractivity contribution in [2.75, 3.05) is 14.1 Å². The number of amides is 2. The molecule has 0 bridgehead atoms. The molecular weight excluding hydrogens is 304 g/mol. The number of likely N-dealkylation sites (N-methyl/N-ethyl adjacent to an activating group) is 2. The van der Waals surface area contributed by atoms with E-state index in [0.717, 1.165) is 0 Å². The van der Waals surface area contributed by atoms with Crippen LogP contribution >= 0.6 is 0 Å². The topological polar surface area (TPSA) is 66.4 Å². The number of hydrogen-bond donors (Lipinski definition) is 0. The fraction of sp³-hybridized carbons (Fsp3) is 0.111. The van der Waals surface area contributed by atoms with Crippen molar-refractivity contribution in [3.05, 3.63) is 71.3 Å². The average Bonchev–Trinajstić information content (AvgIpc) is 3.02. The number of aromatic nitrogens is 2. The number of hydrogen-bond acceptors (Lipinski definition) is 4. The van der Waals surface area contributed by atoms with Gasteiger partial charge in [-0.05, 0) is 24.3 Å². The molecule has 0 atom stereocenters. The van der Waals surface area contributed by atoms with Crippen molar-refractivity contribution in [3.63, 3.8) is 0 Å². The predicted octanol–water partition coefficient (Wildman–Crippen LogP) is 1.54. The molecular formula is C18H14N4O2. The summed E-state index contributed by atoms with van der Waals surface area (Å²) in [5.41, 5.74) is 3.07. The van der Waals surface area contributed by atoms with Crippen LogP contribution in [-0.4, -0.2) is 45.7 Å². The Bertz CT molecular complexity index is 839. The first-order valence-corrected chi connectivity index (χ1v) is 7.49. The van der Waals surface area contributed by atoms with Crippen LogP contribution in [0, 0.1) is 0 Å². The van der Waals surface area contributed by atoms with Crippen LogP contribution in [0.5, 0.6) is 0 Å². The molecule has 6 heteroatoms. The van der Waals surface area contributed by atoms with Crippen molar-refractivity contribution in [2.24, 2.45) is 0 Å². The maximum Gasteiger partial charge on any atom is 0.261 e. The van der Waals surface area contributed by atoms with E-state index in [1.807, 2.05) is 12.1 Å². The van der Waals surface area contributed by atoms with Gasteiger partial charge in [0.2, 0.25) is 0 Å². The van der Waals surface area contributed by atoms with Crippen molar-refractivity contribution < 1.29 is 9.59 Å². The van der Waals surface area contributed by atoms with E-state index >= 15 is 0 Å². The lowest BCUT2D eigenvalue weighted by Crippen LogP contribution is -2.25. The molecule has 0 aromatic carbocycles. The Morgan fingerprint density at radius 1 is 0.708 bits per heavy atom. The molecule has 0 saturated carbocycles. The van der Waals surface area contributed by atoms with E-state index in [1.165, 1.54) is 9.80 Å². The molecule has 24 heavy (non-hydrogen) atoms. The zero-order valence-electron chi connectivity index (χ0n) is 13.2. The Balaban J connectivity index is 2.01. The van der Waals surface area contributed by atoms with Crippen LogP contribution in [0.1, 0.15) is 11.4 Å². The first-order valence-electron chi connectivity index (χ1n) is 7.49. The quantitative estimate of drug-likeness (QED) is 0.842. The minimum Gasteiger partial charge on any atom is -0.309 e. The van der Waals surface area contributed by atoms with Crippen LogP contribution in [0.2, 0.25) is 0 Å². The van der Waals surface area contributed by atoms with Gasteiger partial charge in [-0.25, -0.2) is 0 Å². The smallest absolute Gasteiger partial charge is 0.261 e. The van der Waals surface area contributed by atoms with Gasteiger partial charge in [-0.2, -0.15) is 0 Å². The van der Waals surface area contributed by atoms with E-state index in [9.17, 15) is 9.59 Å². The minimum absolute atomic E-state index is 0.219. The SMILES string of the molecule is CN1C(=O)C2=C(c3ccccn3)N(C)C(=O)C2=C1c1ccccn1. The van der Waals surface area contributed by atoms with Crippen molar-refractivity contribution >= 4 is 23.2 Å². The maximum atomic E-state index is 12.8. The van der Waals surface area contributed by atoms with Crippen LogP contribution < -0.4 is 0 Å². The van der Waals surface area contributed by atoms with Gasteiger partial charge in [0.1, 0.15) is 0 Å². The van der Waals surface area contributed by atoms with Crippen LogP contribution in [0.3, 0.4) is 0 Å². The second-order valence-electron chi connectivity index (χ2n) is 5.61. The first-order chi connectivity index (χ1) is 11.6. The van der Waals surface area contributed by atoms with Gasteiger partial charge in [-0.1, -0.05) is 12.1 Å². The van der Waals surface area contributed by atoms with Crippen LogP contribution in [0.4, 0.5) is 0 Å². The van der Waals surface area contributed by atoms with Crippen LogP contribution in [-0.2, 0) is 9.59 Å². The Labute approximate surface area is 138 Å². The van der Waals surface area contributed by atoms with Crippen molar-refractivity contribution in [2.45, 2.75) is 0 Å². The summed E-state index contributed by atoms with van der Waals surface area (Å²) in [5, 5.41) is 0. The number of pyridine rings is 2. The summed E-state index contributed by atoms with van der Waals surface area (Å²) in [6, 6.07) is 10.8. The molecule has 2 aromatic rings. The molecule has 0 radical (unpaired) electrons. The summed E-state index contributed by atoms with van der Waals surface area (Å²) in [6.07, 6.45) is 3.29. The van der Waals surface area contributed by atoms with E-state index in [2.05, 4.69) is 9.97 Å². The summed E-state index contributed by atoms with van der Waals surface area (Å²) in [6.45, 7) is 0. The van der Waals surface area contributed by atoms with Gasteiger partial charge in [0, 0.05) is 26.5 Å². The predicted molar refractivity (Wildman–Crippen MR) is 87.9 cm³/mol. The third-order valence-corrected chi connectivity index (χ3v) is 4.25. The number of carbonyl (C=O) groups is 2. The maximum absolute atomic E-state index is 12.8. The van der Waals surface area contributed by atoms with Gasteiger partial charge >= 0.3 is 0 Å². The molecule has 118 valence electrons. The van der Waals surface area contributed by atoms with E-state index in [0.29, 0.717) is 33.9 Å². The zero-order valence-corrected chi connectivity index (χ0v) is 13.2. The second kappa shape index (κ2) is 5.13. The molecule has 2 aromatic heterocycles. The molecule has 4 heterocycles. The Morgan fingerprint density at radius 2 is 1.12 bits per heavy atom. The second-order valence-corrected chi connectivity index (χ2v) is 5.61. The third-order valence-electron chi connectivity index (χ3n) is 4.25. The Morgan fingerprint density at radius 3 is 1.46 bits per heavy atom. The van der Waals surface area contributed by atoms with E-state index in [4.69, 9.17) is 0 Å². The standard InChI is InChI=1S/C18H14N4O2/c1-21-15(11-7-3-5-9-19-11)13-14(17(21)23)16(22(2)18(13)24)12-8-4-6-10-20-12/h3-10H,1-2H3. The molecule has 6 nitrogen and oxygen atoms in total. The third kappa shape index (κ3) is 1.83. The van der Waals surface area contributed by atoms with Gasteiger partial charge in [-0.3, -0.25) is 19.6 Å². The summed E-state index contributed by atoms with van der Waals surface area (Å²) in [5.74, 6) is -0.437. The molecule has 0 spiro atoms. The van der Waals surface area contributed by atoms with Gasteiger partial charge in [0.05, 0.1) is 33.9 Å². The van der Waals surface area contributed by atoms with Crippen molar-refractivity contribution in [3.8, 4) is 0 Å². The molecule has 4 rings (SSSR count). The van der Waals surface area contributed by atoms with Crippen LogP contribution in [0.25, 0.3) is 11.4 Å². The molecule has 0 N–H and O–H groups in total. The zero-order chi connectivity index (χ0) is 16.8. The van der Waals surface area contributed by atoms with E-state index in [-0.39, 0.29) is 11.8 Å². The first kappa shape index (κ1) is 14.3. The molecule has 2 aliphatic heterocycles. The van der Waals surface area contributed by atoms with Crippen molar-refractivity contribution in [1.29, 1.82) is 0 Å². The molecule has 2 amide bonds. The molecule has 0 fully saturated rings. The molecule has 0 unspecified atom stereocenters. The number of rotatable bonds is 2. The fourth-order valence-electron chi connectivity index (χ4n) is 3.13. The molecule has 2 aliphatic rings. The summed E-state index contributed by atoms with van der Waals surface area (Å²) < 4.78 is 0. The number of fused-ring (bicyclic) bond motifs is 1. The lowest BCUT2D eigenvalue weighted by atomic mass is 10.1. The summed E-state index contributed by atoms with van der Waals surface area (Å²) in [4.78, 5) is 37.3. The lowest BCUT2D eigenvalue weighted by Gasteiger charge is -2.18. The summed E-state index contributed by atoms with van der Waals surface area (Å²) >= 11 is 0. The van der Waals surface area contributed by atoms with Crippen molar-refractivity contribution in [1.82, 2.24) is 19.8 Å². The minimum atomic E-state index is -0.219. The van der Waals surface area contributed by atoms with Gasteiger partial charge in [-0.15, -0.1) is 0 Å². The summed E-state index contributed by atoms with van der Waals surface area (Å²) in [7, 11) is 3.32. The van der Waals surface area contributed by atoms with Gasteiger partial charge < -0.3 is 9.80 Å². The Kier molecular flexibility index (Phi) is 3.06. The lowest BCUT2D eigenvalue weighted by molar-refractivity contribution is -0.123. The number of nitrogens with zero attached hydrogens (tertiary/aromatic N) is 4. The largest absolute Gasteiger partial charge is 0.309 e. The normalized spacial score (nSPS) is 17.2. The fourth-order valence-corrected chi connectivity index (χ4v) is 3.13. The monoisotopic (exact) mass is 318 g/mol. The number of carbonyl (C=O) groups excluding carboxylic acids is 2. The highest BCUT2D eigenvalue weighted by Crippen LogP contribution is 2.44.